The van der Waals surface area contributed by atoms with E-state index in [0.29, 0.717) is 9.13 Å². The van der Waals surface area contributed by atoms with Gasteiger partial charge in [0, 0.05) is 3.57 Å². The number of carboxylic acids is 2. The van der Waals surface area contributed by atoms with Crippen LogP contribution in [0.2, 0.25) is 0 Å². The molecule has 0 fully saturated rings. The molecule has 80 valence electrons. The Kier molecular flexibility index (Phi) is 3.64. The molecule has 1 aromatic carbocycles. The number of carboxylic acid groups (broad SMARTS) is 2. The fourth-order valence-corrected chi connectivity index (χ4v) is 1.90. The van der Waals surface area contributed by atoms with Crippen LogP contribution in [0.1, 0.15) is 22.0 Å². The molecule has 0 saturated heterocycles. The number of carbonyl (C=O) groups is 2. The molecule has 0 unspecified atom stereocenters. The molecular weight excluding hydrogens is 313 g/mol. The minimum absolute atomic E-state index is 0.112. The van der Waals surface area contributed by atoms with E-state index in [2.05, 4.69) is 0 Å². The van der Waals surface area contributed by atoms with E-state index in [9.17, 15) is 9.59 Å². The molecule has 0 aromatic heterocycles. The van der Waals surface area contributed by atoms with Gasteiger partial charge in [-0.1, -0.05) is 6.07 Å². The molecule has 0 aliphatic heterocycles. The van der Waals surface area contributed by atoms with Gasteiger partial charge in [-0.25, -0.2) is 4.79 Å². The average Bonchev–Trinajstić information content (AvgIpc) is 2.16. The van der Waals surface area contributed by atoms with E-state index in [1.165, 1.54) is 18.2 Å². The summed E-state index contributed by atoms with van der Waals surface area (Å²) >= 11 is 1.86. The molecule has 15 heavy (non-hydrogen) atoms. The monoisotopic (exact) mass is 321 g/mol. The number of nitrogens with two attached hydrogens (primary N) is 1. The maximum Gasteiger partial charge on any atom is 0.335 e. The summed E-state index contributed by atoms with van der Waals surface area (Å²) < 4.78 is 0.530. The van der Waals surface area contributed by atoms with Gasteiger partial charge in [0.25, 0.3) is 0 Å². The highest BCUT2D eigenvalue weighted by Crippen LogP contribution is 2.20. The Balaban J connectivity index is 3.13. The third-order valence-electron chi connectivity index (χ3n) is 1.85. The van der Waals surface area contributed by atoms with E-state index in [1.54, 1.807) is 0 Å². The van der Waals surface area contributed by atoms with Crippen molar-refractivity contribution in [2.24, 2.45) is 5.73 Å². The third kappa shape index (κ3) is 2.66. The normalized spacial score (nSPS) is 12.1. The molecule has 1 atom stereocenters. The average molecular weight is 321 g/mol. The van der Waals surface area contributed by atoms with Crippen LogP contribution in [0.5, 0.6) is 0 Å². The van der Waals surface area contributed by atoms with Gasteiger partial charge < -0.3 is 15.9 Å². The maximum atomic E-state index is 10.6. The first-order valence-electron chi connectivity index (χ1n) is 3.94. The van der Waals surface area contributed by atoms with E-state index in [4.69, 9.17) is 15.9 Å². The van der Waals surface area contributed by atoms with E-state index in [1.807, 2.05) is 22.6 Å². The summed E-state index contributed by atoms with van der Waals surface area (Å²) in [6.07, 6.45) is 0. The van der Waals surface area contributed by atoms with Crippen LogP contribution in [0.3, 0.4) is 0 Å². The molecule has 0 heterocycles. The van der Waals surface area contributed by atoms with Crippen molar-refractivity contribution in [3.05, 3.63) is 32.9 Å². The number of aliphatic carboxylic acids is 1. The lowest BCUT2D eigenvalue weighted by molar-refractivity contribution is -0.138. The zero-order valence-electron chi connectivity index (χ0n) is 7.48. The molecule has 0 aliphatic carbocycles. The third-order valence-corrected chi connectivity index (χ3v) is 2.78. The van der Waals surface area contributed by atoms with Crippen molar-refractivity contribution in [1.29, 1.82) is 0 Å². The molecule has 0 spiro atoms. The number of hydrogen-bond donors (Lipinski definition) is 3. The molecule has 1 rings (SSSR count). The zero-order chi connectivity index (χ0) is 11.6. The first kappa shape index (κ1) is 11.9. The van der Waals surface area contributed by atoms with Gasteiger partial charge in [0.1, 0.15) is 6.04 Å². The van der Waals surface area contributed by atoms with Crippen molar-refractivity contribution in [1.82, 2.24) is 0 Å². The summed E-state index contributed by atoms with van der Waals surface area (Å²) in [5, 5.41) is 17.4. The molecule has 6 heteroatoms. The molecule has 0 bridgehead atoms. The van der Waals surface area contributed by atoms with Gasteiger partial charge in [0.05, 0.1) is 5.56 Å². The van der Waals surface area contributed by atoms with Crippen molar-refractivity contribution >= 4 is 34.5 Å². The molecule has 0 saturated carbocycles. The van der Waals surface area contributed by atoms with E-state index in [-0.39, 0.29) is 5.56 Å². The predicted molar refractivity (Wildman–Crippen MR) is 60.7 cm³/mol. The predicted octanol–water partition coefficient (Wildman–Crippen LogP) is 1.07. The lowest BCUT2D eigenvalue weighted by atomic mass is 10.1. The van der Waals surface area contributed by atoms with E-state index in [0.717, 1.165) is 0 Å². The fourth-order valence-electron chi connectivity index (χ4n) is 1.05. The maximum absolute atomic E-state index is 10.6. The van der Waals surface area contributed by atoms with Gasteiger partial charge in [0.15, 0.2) is 0 Å². The molecule has 0 aliphatic rings. The van der Waals surface area contributed by atoms with E-state index >= 15 is 0 Å². The SMILES string of the molecule is N[C@@H](C(=O)O)c1ccc(C(=O)O)cc1I. The van der Waals surface area contributed by atoms with E-state index < -0.39 is 18.0 Å². The fraction of sp³-hybridized carbons (Fsp3) is 0.111. The van der Waals surface area contributed by atoms with Gasteiger partial charge >= 0.3 is 11.9 Å². The Morgan fingerprint density at radius 3 is 2.33 bits per heavy atom. The highest BCUT2D eigenvalue weighted by Gasteiger charge is 2.18. The number of halogens is 1. The first-order chi connectivity index (χ1) is 6.93. The molecule has 1 aromatic rings. The minimum Gasteiger partial charge on any atom is -0.480 e. The van der Waals surface area contributed by atoms with Crippen LogP contribution in [-0.2, 0) is 4.79 Å². The lowest BCUT2D eigenvalue weighted by Gasteiger charge is -2.09. The lowest BCUT2D eigenvalue weighted by Crippen LogP contribution is -2.21. The van der Waals surface area contributed by atoms with Gasteiger partial charge in [0.2, 0.25) is 0 Å². The van der Waals surface area contributed by atoms with Crippen LogP contribution in [0.25, 0.3) is 0 Å². The minimum atomic E-state index is -1.14. The summed E-state index contributed by atoms with van der Waals surface area (Å²) in [7, 11) is 0. The number of rotatable bonds is 3. The van der Waals surface area contributed by atoms with Crippen LogP contribution in [-0.4, -0.2) is 22.2 Å². The zero-order valence-corrected chi connectivity index (χ0v) is 9.63. The largest absolute Gasteiger partial charge is 0.480 e. The number of hydrogen-bond acceptors (Lipinski definition) is 3. The summed E-state index contributed by atoms with van der Waals surface area (Å²) in [5.74, 6) is -2.20. The summed E-state index contributed by atoms with van der Waals surface area (Å²) in [6.45, 7) is 0. The molecule has 0 radical (unpaired) electrons. The second-order valence-electron chi connectivity index (χ2n) is 2.86. The van der Waals surface area contributed by atoms with Crippen LogP contribution < -0.4 is 5.73 Å². The Hall–Kier alpha value is -1.15. The van der Waals surface area contributed by atoms with Crippen molar-refractivity contribution in [2.45, 2.75) is 6.04 Å². The number of benzene rings is 1. The first-order valence-corrected chi connectivity index (χ1v) is 5.02. The number of aromatic carboxylic acids is 1. The second kappa shape index (κ2) is 4.58. The quantitative estimate of drug-likeness (QED) is 0.723. The summed E-state index contributed by atoms with van der Waals surface area (Å²) in [6, 6.07) is 3.02. The molecule has 4 N–H and O–H groups in total. The van der Waals surface area contributed by atoms with Gasteiger partial charge in [-0.3, -0.25) is 4.79 Å². The standard InChI is InChI=1S/C9H8INO4/c10-6-3-4(8(12)13)1-2-5(6)7(11)9(14)15/h1-3,7H,11H2,(H,12,13)(H,14,15)/t7-/m1/s1. The molecule has 5 nitrogen and oxygen atoms in total. The Morgan fingerprint density at radius 1 is 1.33 bits per heavy atom. The highest BCUT2D eigenvalue weighted by molar-refractivity contribution is 14.1. The van der Waals surface area contributed by atoms with Crippen molar-refractivity contribution in [3.8, 4) is 0 Å². The molecular formula is C9H8INO4. The Bertz CT molecular complexity index is 419. The van der Waals surface area contributed by atoms with Crippen molar-refractivity contribution < 1.29 is 19.8 Å². The Morgan fingerprint density at radius 2 is 1.93 bits per heavy atom. The highest BCUT2D eigenvalue weighted by atomic mass is 127. The summed E-state index contributed by atoms with van der Waals surface area (Å²) in [5.41, 5.74) is 5.94. The smallest absolute Gasteiger partial charge is 0.335 e. The van der Waals surface area contributed by atoms with Crippen LogP contribution in [0.4, 0.5) is 0 Å². The van der Waals surface area contributed by atoms with Crippen LogP contribution in [0.15, 0.2) is 18.2 Å². The van der Waals surface area contributed by atoms with Crippen molar-refractivity contribution in [3.63, 3.8) is 0 Å². The van der Waals surface area contributed by atoms with Crippen LogP contribution >= 0.6 is 22.6 Å². The Labute approximate surface area is 99.0 Å². The molecule has 0 amide bonds. The van der Waals surface area contributed by atoms with Gasteiger partial charge in [-0.05, 0) is 40.3 Å². The van der Waals surface area contributed by atoms with Gasteiger partial charge in [-0.15, -0.1) is 0 Å². The van der Waals surface area contributed by atoms with Crippen LogP contribution in [0, 0.1) is 3.57 Å². The van der Waals surface area contributed by atoms with Crippen molar-refractivity contribution in [2.75, 3.05) is 0 Å². The van der Waals surface area contributed by atoms with Gasteiger partial charge in [-0.2, -0.15) is 0 Å². The second-order valence-corrected chi connectivity index (χ2v) is 4.02. The topological polar surface area (TPSA) is 101 Å². The summed E-state index contributed by atoms with van der Waals surface area (Å²) in [4.78, 5) is 21.2.